The van der Waals surface area contributed by atoms with Gasteiger partial charge in [0.2, 0.25) is 5.56 Å². The summed E-state index contributed by atoms with van der Waals surface area (Å²) >= 11 is 0. The molecule has 180 valence electrons. The molecule has 2 aromatic heterocycles. The van der Waals surface area contributed by atoms with Crippen molar-refractivity contribution in [3.63, 3.8) is 0 Å². The number of ether oxygens (including phenoxy) is 1. The van der Waals surface area contributed by atoms with Gasteiger partial charge in [0.05, 0.1) is 11.7 Å². The Hall–Kier alpha value is -4.07. The number of aromatic amines is 1. The number of nitrogens with one attached hydrogen (secondary N) is 2. The fraction of sp³-hybridized carbons (Fsp3) is 0.222. The Balaban J connectivity index is 1.78. The Labute approximate surface area is 201 Å². The number of pyridine rings is 2. The van der Waals surface area contributed by atoms with Crippen molar-refractivity contribution in [2.24, 2.45) is 0 Å². The maximum absolute atomic E-state index is 13.9. The van der Waals surface area contributed by atoms with Crippen molar-refractivity contribution in [3.05, 3.63) is 100 Å². The van der Waals surface area contributed by atoms with Gasteiger partial charge in [-0.25, -0.2) is 13.6 Å². The highest BCUT2D eigenvalue weighted by Crippen LogP contribution is 2.31. The van der Waals surface area contributed by atoms with Gasteiger partial charge in [-0.05, 0) is 74.0 Å². The normalized spacial score (nSPS) is 12.4. The number of amides is 1. The Morgan fingerprint density at radius 3 is 2.49 bits per heavy atom. The van der Waals surface area contributed by atoms with Crippen LogP contribution in [0, 0.1) is 11.6 Å². The van der Waals surface area contributed by atoms with E-state index in [9.17, 15) is 18.4 Å². The summed E-state index contributed by atoms with van der Waals surface area (Å²) in [6.45, 7) is 5.22. The van der Waals surface area contributed by atoms with Gasteiger partial charge in [-0.1, -0.05) is 18.2 Å². The van der Waals surface area contributed by atoms with Gasteiger partial charge in [-0.3, -0.25) is 9.78 Å². The molecule has 0 bridgehead atoms. The number of aromatic nitrogens is 2. The summed E-state index contributed by atoms with van der Waals surface area (Å²) < 4.78 is 33.2. The van der Waals surface area contributed by atoms with E-state index in [1.54, 1.807) is 39.1 Å². The van der Waals surface area contributed by atoms with Gasteiger partial charge in [0.25, 0.3) is 0 Å². The van der Waals surface area contributed by atoms with Crippen LogP contribution in [0.15, 0.2) is 71.7 Å². The Kier molecular flexibility index (Phi) is 6.64. The van der Waals surface area contributed by atoms with Gasteiger partial charge < -0.3 is 15.0 Å². The molecule has 1 unspecified atom stereocenters. The number of rotatable bonds is 5. The molecule has 8 heteroatoms. The van der Waals surface area contributed by atoms with Crippen molar-refractivity contribution >= 4 is 17.0 Å². The third-order valence-electron chi connectivity index (χ3n) is 5.26. The van der Waals surface area contributed by atoms with E-state index >= 15 is 0 Å². The lowest BCUT2D eigenvalue weighted by Gasteiger charge is -2.25. The van der Waals surface area contributed by atoms with Crippen LogP contribution in [0.2, 0.25) is 0 Å². The molecule has 0 saturated carbocycles. The molecule has 0 radical (unpaired) electrons. The number of hydrogen-bond donors (Lipinski definition) is 2. The van der Waals surface area contributed by atoms with E-state index in [1.807, 2.05) is 24.3 Å². The van der Waals surface area contributed by atoms with Crippen molar-refractivity contribution in [2.75, 3.05) is 0 Å². The molecule has 0 aliphatic heterocycles. The Morgan fingerprint density at radius 2 is 1.77 bits per heavy atom. The summed E-state index contributed by atoms with van der Waals surface area (Å²) in [6, 6.07) is 14.8. The number of fused-ring (bicyclic) bond motifs is 1. The zero-order valence-corrected chi connectivity index (χ0v) is 19.6. The minimum Gasteiger partial charge on any atom is -0.444 e. The predicted octanol–water partition coefficient (Wildman–Crippen LogP) is 5.68. The quantitative estimate of drug-likeness (QED) is 0.388. The maximum Gasteiger partial charge on any atom is 0.408 e. The van der Waals surface area contributed by atoms with Crippen LogP contribution in [-0.4, -0.2) is 21.7 Å². The lowest BCUT2D eigenvalue weighted by atomic mass is 9.95. The van der Waals surface area contributed by atoms with Gasteiger partial charge >= 0.3 is 6.09 Å². The maximum atomic E-state index is 13.9. The molecule has 0 aliphatic carbocycles. The van der Waals surface area contributed by atoms with E-state index in [-0.39, 0.29) is 12.0 Å². The third kappa shape index (κ3) is 6.09. The van der Waals surface area contributed by atoms with Crippen LogP contribution >= 0.6 is 0 Å². The first-order chi connectivity index (χ1) is 16.6. The van der Waals surface area contributed by atoms with Crippen LogP contribution < -0.4 is 10.9 Å². The third-order valence-corrected chi connectivity index (χ3v) is 5.26. The van der Waals surface area contributed by atoms with Crippen molar-refractivity contribution in [1.82, 2.24) is 15.3 Å². The molecule has 6 nitrogen and oxygen atoms in total. The van der Waals surface area contributed by atoms with Crippen molar-refractivity contribution < 1.29 is 18.3 Å². The van der Waals surface area contributed by atoms with Crippen molar-refractivity contribution in [3.8, 4) is 11.1 Å². The number of carbonyl (C=O) groups excluding carboxylic acids is 1. The predicted molar refractivity (Wildman–Crippen MR) is 130 cm³/mol. The average molecular weight is 478 g/mol. The van der Waals surface area contributed by atoms with E-state index in [0.29, 0.717) is 22.3 Å². The number of carbonyl (C=O) groups is 1. The summed E-state index contributed by atoms with van der Waals surface area (Å²) in [7, 11) is 0. The zero-order valence-electron chi connectivity index (χ0n) is 19.6. The van der Waals surface area contributed by atoms with Crippen LogP contribution in [0.4, 0.5) is 13.6 Å². The number of benzene rings is 2. The SMILES string of the molecule is CC(C)(C)OC(=O)NC(Cc1cc(F)cc(F)c1)c1ncccc1-c1ccc2ccc(=O)[nH]c2c1. The number of nitrogens with zero attached hydrogens (tertiary/aromatic N) is 1. The fourth-order valence-electron chi connectivity index (χ4n) is 3.89. The minimum absolute atomic E-state index is 0.0718. The van der Waals surface area contributed by atoms with E-state index in [4.69, 9.17) is 4.74 Å². The van der Waals surface area contributed by atoms with Crippen LogP contribution in [0.3, 0.4) is 0 Å². The molecule has 2 aromatic carbocycles. The van der Waals surface area contributed by atoms with Gasteiger partial charge in [-0.2, -0.15) is 0 Å². The molecular weight excluding hydrogens is 452 g/mol. The summed E-state index contributed by atoms with van der Waals surface area (Å²) in [5.41, 5.74) is 1.97. The fourth-order valence-corrected chi connectivity index (χ4v) is 3.89. The highest BCUT2D eigenvalue weighted by molar-refractivity contribution is 5.84. The highest BCUT2D eigenvalue weighted by atomic mass is 19.1. The summed E-state index contributed by atoms with van der Waals surface area (Å²) in [4.78, 5) is 31.8. The van der Waals surface area contributed by atoms with Crippen molar-refractivity contribution in [1.29, 1.82) is 0 Å². The minimum atomic E-state index is -0.757. The Morgan fingerprint density at radius 1 is 1.06 bits per heavy atom. The first kappa shape index (κ1) is 24.1. The Bertz CT molecular complexity index is 1420. The van der Waals surface area contributed by atoms with Gasteiger partial charge in [0.1, 0.15) is 17.2 Å². The van der Waals surface area contributed by atoms with E-state index in [2.05, 4.69) is 15.3 Å². The molecule has 4 aromatic rings. The first-order valence-electron chi connectivity index (χ1n) is 11.1. The summed E-state index contributed by atoms with van der Waals surface area (Å²) in [5, 5.41) is 3.67. The van der Waals surface area contributed by atoms with Gasteiger partial charge in [-0.15, -0.1) is 0 Å². The number of hydrogen-bond acceptors (Lipinski definition) is 4. The largest absolute Gasteiger partial charge is 0.444 e. The molecular formula is C27H25F2N3O3. The zero-order chi connectivity index (χ0) is 25.2. The lowest BCUT2D eigenvalue weighted by Crippen LogP contribution is -2.36. The molecule has 0 spiro atoms. The lowest BCUT2D eigenvalue weighted by molar-refractivity contribution is 0.0502. The molecule has 4 rings (SSSR count). The molecule has 2 heterocycles. The van der Waals surface area contributed by atoms with E-state index < -0.39 is 29.4 Å². The van der Waals surface area contributed by atoms with E-state index in [0.717, 1.165) is 17.0 Å². The van der Waals surface area contributed by atoms with Gasteiger partial charge in [0.15, 0.2) is 0 Å². The summed E-state index contributed by atoms with van der Waals surface area (Å²) in [5.74, 6) is -1.42. The first-order valence-corrected chi connectivity index (χ1v) is 11.1. The molecule has 0 saturated heterocycles. The second-order valence-electron chi connectivity index (χ2n) is 9.24. The smallest absolute Gasteiger partial charge is 0.408 e. The summed E-state index contributed by atoms with van der Waals surface area (Å²) in [6.07, 6.45) is 0.971. The standard InChI is InChI=1S/C27H25F2N3O3/c1-27(2,3)35-26(34)32-23(13-16-11-19(28)15-20(29)12-16)25-21(5-4-10-30-25)18-7-6-17-8-9-24(33)31-22(17)14-18/h4-12,14-15,23H,13H2,1-3H3,(H,31,33)(H,32,34). The topological polar surface area (TPSA) is 84.1 Å². The second-order valence-corrected chi connectivity index (χ2v) is 9.24. The number of alkyl carbamates (subject to hydrolysis) is 1. The molecule has 0 aliphatic rings. The molecule has 2 N–H and O–H groups in total. The number of halogens is 2. The molecule has 1 amide bonds. The number of H-pyrrole nitrogens is 1. The van der Waals surface area contributed by atoms with Crippen molar-refractivity contribution in [2.45, 2.75) is 38.8 Å². The molecule has 1 atom stereocenters. The van der Waals surface area contributed by atoms with E-state index in [1.165, 1.54) is 18.2 Å². The van der Waals surface area contributed by atoms with Crippen LogP contribution in [0.5, 0.6) is 0 Å². The second kappa shape index (κ2) is 9.66. The van der Waals surface area contributed by atoms with Crippen LogP contribution in [-0.2, 0) is 11.2 Å². The average Bonchev–Trinajstić information content (AvgIpc) is 2.76. The molecule has 35 heavy (non-hydrogen) atoms. The van der Waals surface area contributed by atoms with Crippen LogP contribution in [0.25, 0.3) is 22.0 Å². The molecule has 0 fully saturated rings. The monoisotopic (exact) mass is 477 g/mol. The van der Waals surface area contributed by atoms with Crippen LogP contribution in [0.1, 0.15) is 38.1 Å². The van der Waals surface area contributed by atoms with Gasteiger partial charge in [0, 0.05) is 29.4 Å². The highest BCUT2D eigenvalue weighted by Gasteiger charge is 2.24.